The van der Waals surface area contributed by atoms with Crippen LogP contribution >= 0.6 is 0 Å². The normalized spacial score (nSPS) is 16.0. The van der Waals surface area contributed by atoms with E-state index in [1.807, 2.05) is 0 Å². The van der Waals surface area contributed by atoms with Gasteiger partial charge in [0.25, 0.3) is 0 Å². The van der Waals surface area contributed by atoms with Gasteiger partial charge in [0.2, 0.25) is 0 Å². The monoisotopic (exact) mass is 475 g/mol. The molecule has 37 heavy (non-hydrogen) atoms. The van der Waals surface area contributed by atoms with Crippen molar-refractivity contribution in [3.8, 4) is 27.9 Å². The Hall–Kier alpha value is -4.10. The molecule has 1 nitrogen and oxygen atoms in total. The van der Waals surface area contributed by atoms with Crippen molar-refractivity contribution in [3.63, 3.8) is 0 Å². The Morgan fingerprint density at radius 2 is 1.19 bits per heavy atom. The van der Waals surface area contributed by atoms with E-state index in [-0.39, 0.29) is 10.8 Å². The summed E-state index contributed by atoms with van der Waals surface area (Å²) in [5.41, 5.74) is 14.9. The number of fused-ring (bicyclic) bond motifs is 8. The van der Waals surface area contributed by atoms with Crippen molar-refractivity contribution in [1.29, 1.82) is 0 Å². The highest BCUT2D eigenvalue weighted by atomic mass is 15.0. The molecule has 0 amide bonds. The zero-order valence-electron chi connectivity index (χ0n) is 21.8. The fourth-order valence-electron chi connectivity index (χ4n) is 7.42. The second-order valence-electron chi connectivity index (χ2n) is 11.8. The smallest absolute Gasteiger partial charge is 0.0582 e. The number of aromatic nitrogens is 1. The molecule has 0 unspecified atom stereocenters. The number of benzene rings is 5. The Balaban J connectivity index is 1.44. The first-order chi connectivity index (χ1) is 17.9. The van der Waals surface area contributed by atoms with Gasteiger partial charge in [-0.1, -0.05) is 113 Å². The van der Waals surface area contributed by atoms with Gasteiger partial charge in [0.15, 0.2) is 0 Å². The van der Waals surface area contributed by atoms with Gasteiger partial charge in [-0.25, -0.2) is 0 Å². The van der Waals surface area contributed by atoms with Crippen molar-refractivity contribution in [1.82, 2.24) is 4.57 Å². The summed E-state index contributed by atoms with van der Waals surface area (Å²) in [5, 5.41) is 2.67. The quantitative estimate of drug-likeness (QED) is 0.223. The maximum Gasteiger partial charge on any atom is 0.0582 e. The predicted molar refractivity (Wildman–Crippen MR) is 156 cm³/mol. The van der Waals surface area contributed by atoms with Crippen LogP contribution in [-0.2, 0) is 10.8 Å². The minimum atomic E-state index is -0.0423. The van der Waals surface area contributed by atoms with Crippen LogP contribution < -0.4 is 0 Å². The van der Waals surface area contributed by atoms with Crippen molar-refractivity contribution < 1.29 is 0 Å². The molecule has 178 valence electrons. The van der Waals surface area contributed by atoms with E-state index < -0.39 is 0 Å². The first kappa shape index (κ1) is 21.0. The SMILES string of the molecule is CC1(C)c2ccccc2-c2cccc(-c3ccc4c(c3)c3cccc5c3n4-c3ccccc3C5(C)C)c21. The van der Waals surface area contributed by atoms with Crippen LogP contribution in [0, 0.1) is 0 Å². The molecular formula is C36H29N. The lowest BCUT2D eigenvalue weighted by Crippen LogP contribution is -2.26. The standard InChI is InChI=1S/C36H29N/c1-35(2)29-16-7-8-18-32(29)37-31-20-19-22(21-27(31)26-14-10-17-30(35)34(26)37)23-12-9-13-25-24-11-5-6-15-28(24)36(3,4)33(23)25/h5-21H,1-4H3. The molecule has 0 radical (unpaired) electrons. The lowest BCUT2D eigenvalue weighted by Gasteiger charge is -2.34. The van der Waals surface area contributed by atoms with Crippen LogP contribution in [0.15, 0.2) is 103 Å². The molecule has 8 rings (SSSR count). The minimum absolute atomic E-state index is 0.0372. The summed E-state index contributed by atoms with van der Waals surface area (Å²) in [6, 6.07) is 38.6. The molecule has 0 saturated carbocycles. The van der Waals surface area contributed by atoms with Gasteiger partial charge in [0.1, 0.15) is 0 Å². The van der Waals surface area contributed by atoms with Gasteiger partial charge >= 0.3 is 0 Å². The van der Waals surface area contributed by atoms with E-state index in [1.165, 1.54) is 72.0 Å². The Morgan fingerprint density at radius 3 is 2.05 bits per heavy atom. The fourth-order valence-corrected chi connectivity index (χ4v) is 7.42. The number of rotatable bonds is 1. The molecular weight excluding hydrogens is 446 g/mol. The van der Waals surface area contributed by atoms with Crippen molar-refractivity contribution in [2.75, 3.05) is 0 Å². The topological polar surface area (TPSA) is 4.93 Å². The Kier molecular flexibility index (Phi) is 3.87. The summed E-state index contributed by atoms with van der Waals surface area (Å²) >= 11 is 0. The van der Waals surface area contributed by atoms with Gasteiger partial charge in [0, 0.05) is 21.6 Å². The number of hydrogen-bond acceptors (Lipinski definition) is 0. The largest absolute Gasteiger partial charge is 0.309 e. The maximum atomic E-state index is 2.50. The van der Waals surface area contributed by atoms with Crippen molar-refractivity contribution >= 4 is 21.8 Å². The third kappa shape index (κ3) is 2.50. The average molecular weight is 476 g/mol. The second-order valence-corrected chi connectivity index (χ2v) is 11.8. The highest BCUT2D eigenvalue weighted by Crippen LogP contribution is 2.53. The van der Waals surface area contributed by atoms with E-state index in [9.17, 15) is 0 Å². The third-order valence-corrected chi connectivity index (χ3v) is 9.17. The lowest BCUT2D eigenvalue weighted by atomic mass is 9.75. The van der Waals surface area contributed by atoms with Crippen molar-refractivity contribution in [2.24, 2.45) is 0 Å². The number of para-hydroxylation sites is 2. The first-order valence-electron chi connectivity index (χ1n) is 13.3. The minimum Gasteiger partial charge on any atom is -0.309 e. The molecule has 1 aliphatic heterocycles. The Bertz CT molecular complexity index is 1930. The maximum absolute atomic E-state index is 2.50. The highest BCUT2D eigenvalue weighted by Gasteiger charge is 2.38. The molecule has 2 heterocycles. The average Bonchev–Trinajstić information content (AvgIpc) is 3.37. The van der Waals surface area contributed by atoms with Crippen LogP contribution in [0.2, 0.25) is 0 Å². The van der Waals surface area contributed by atoms with E-state index in [4.69, 9.17) is 0 Å². The van der Waals surface area contributed by atoms with Gasteiger partial charge in [-0.15, -0.1) is 0 Å². The van der Waals surface area contributed by atoms with Crippen LogP contribution in [0.25, 0.3) is 49.7 Å². The zero-order chi connectivity index (χ0) is 25.1. The number of nitrogens with zero attached hydrogens (tertiary/aromatic N) is 1. The van der Waals surface area contributed by atoms with E-state index >= 15 is 0 Å². The molecule has 5 aromatic carbocycles. The summed E-state index contributed by atoms with van der Waals surface area (Å²) in [7, 11) is 0. The Morgan fingerprint density at radius 1 is 0.514 bits per heavy atom. The molecule has 1 aromatic heterocycles. The molecule has 1 aliphatic carbocycles. The number of hydrogen-bond donors (Lipinski definition) is 0. The van der Waals surface area contributed by atoms with Gasteiger partial charge in [-0.2, -0.15) is 0 Å². The molecule has 0 N–H and O–H groups in total. The van der Waals surface area contributed by atoms with Crippen LogP contribution in [0.4, 0.5) is 0 Å². The van der Waals surface area contributed by atoms with Gasteiger partial charge < -0.3 is 4.57 Å². The summed E-state index contributed by atoms with van der Waals surface area (Å²) < 4.78 is 2.50. The van der Waals surface area contributed by atoms with Crippen LogP contribution in [0.3, 0.4) is 0 Å². The van der Waals surface area contributed by atoms with Crippen LogP contribution in [0.1, 0.15) is 49.9 Å². The predicted octanol–water partition coefficient (Wildman–Crippen LogP) is 9.40. The summed E-state index contributed by atoms with van der Waals surface area (Å²) in [5.74, 6) is 0. The van der Waals surface area contributed by atoms with Gasteiger partial charge in [-0.05, 0) is 62.7 Å². The highest BCUT2D eigenvalue weighted by molar-refractivity contribution is 6.12. The summed E-state index contributed by atoms with van der Waals surface area (Å²) in [4.78, 5) is 0. The summed E-state index contributed by atoms with van der Waals surface area (Å²) in [6.07, 6.45) is 0. The van der Waals surface area contributed by atoms with Gasteiger partial charge in [-0.3, -0.25) is 0 Å². The lowest BCUT2D eigenvalue weighted by molar-refractivity contribution is 0.630. The fraction of sp³-hybridized carbons (Fsp3) is 0.167. The molecule has 0 saturated heterocycles. The van der Waals surface area contributed by atoms with Gasteiger partial charge in [0.05, 0.1) is 16.7 Å². The van der Waals surface area contributed by atoms with E-state index in [0.717, 1.165) is 0 Å². The zero-order valence-corrected chi connectivity index (χ0v) is 21.8. The molecule has 6 aromatic rings. The van der Waals surface area contributed by atoms with E-state index in [1.54, 1.807) is 0 Å². The molecule has 0 fully saturated rings. The molecule has 0 bridgehead atoms. The molecule has 2 aliphatic rings. The van der Waals surface area contributed by atoms with E-state index in [0.29, 0.717) is 0 Å². The summed E-state index contributed by atoms with van der Waals surface area (Å²) in [6.45, 7) is 9.47. The van der Waals surface area contributed by atoms with Crippen molar-refractivity contribution in [3.05, 3.63) is 125 Å². The van der Waals surface area contributed by atoms with E-state index in [2.05, 4.69) is 135 Å². The van der Waals surface area contributed by atoms with Crippen molar-refractivity contribution in [2.45, 2.75) is 38.5 Å². The second kappa shape index (κ2) is 6.81. The molecule has 1 heteroatoms. The van der Waals surface area contributed by atoms with Crippen LogP contribution in [0.5, 0.6) is 0 Å². The third-order valence-electron chi connectivity index (χ3n) is 9.17. The molecule has 0 spiro atoms. The van der Waals surface area contributed by atoms with Crippen LogP contribution in [-0.4, -0.2) is 4.57 Å². The molecule has 0 atom stereocenters. The Labute approximate surface area is 218 Å². The first-order valence-corrected chi connectivity index (χ1v) is 13.3.